The Morgan fingerprint density at radius 2 is 2.13 bits per heavy atom. The number of nitrogens with one attached hydrogen (secondary N) is 3. The molecule has 3 unspecified atom stereocenters. The van der Waals surface area contributed by atoms with E-state index >= 15 is 0 Å². The van der Waals surface area contributed by atoms with Crippen molar-refractivity contribution in [3.63, 3.8) is 0 Å². The summed E-state index contributed by atoms with van der Waals surface area (Å²) in [5, 5.41) is 5.29. The average molecular weight is 316 g/mol. The molecule has 1 amide bonds. The van der Waals surface area contributed by atoms with E-state index in [9.17, 15) is 4.79 Å². The van der Waals surface area contributed by atoms with Crippen LogP contribution in [0.3, 0.4) is 0 Å². The molecule has 4 rings (SSSR count). The molecule has 2 saturated heterocycles. The zero-order chi connectivity index (χ0) is 15.6. The molecule has 1 aromatic carbocycles. The maximum Gasteiger partial charge on any atom is 0.239 e. The number of rotatable bonds is 5. The first-order chi connectivity index (χ1) is 11.3. The van der Waals surface area contributed by atoms with Gasteiger partial charge in [0.05, 0.1) is 12.1 Å². The van der Waals surface area contributed by atoms with Crippen LogP contribution in [0.15, 0.2) is 30.3 Å². The number of carbonyl (C=O) groups is 1. The van der Waals surface area contributed by atoms with Crippen molar-refractivity contribution in [2.45, 2.75) is 44.0 Å². The van der Waals surface area contributed by atoms with Crippen LogP contribution in [0.2, 0.25) is 0 Å². The molecular weight excluding hydrogens is 292 g/mol. The molecule has 3 aliphatic rings. The molecule has 1 aliphatic carbocycles. The van der Waals surface area contributed by atoms with Gasteiger partial charge in [0.1, 0.15) is 6.04 Å². The summed E-state index contributed by atoms with van der Waals surface area (Å²) in [4.78, 5) is 17.9. The van der Waals surface area contributed by atoms with E-state index in [0.717, 1.165) is 26.1 Å². The number of hydroxylamine groups is 1. The van der Waals surface area contributed by atoms with Crippen LogP contribution in [0.1, 0.15) is 24.8 Å². The number of hydrogen-bond donors (Lipinski definition) is 3. The lowest BCUT2D eigenvalue weighted by Crippen LogP contribution is -2.46. The van der Waals surface area contributed by atoms with Crippen molar-refractivity contribution in [2.24, 2.45) is 5.92 Å². The van der Waals surface area contributed by atoms with Crippen molar-refractivity contribution in [3.8, 4) is 0 Å². The second-order valence-corrected chi connectivity index (χ2v) is 6.83. The normalized spacial score (nSPS) is 31.4. The van der Waals surface area contributed by atoms with E-state index in [1.807, 2.05) is 18.2 Å². The molecule has 2 heterocycles. The van der Waals surface area contributed by atoms with Crippen molar-refractivity contribution < 1.29 is 9.63 Å². The van der Waals surface area contributed by atoms with Crippen LogP contribution in [-0.2, 0) is 16.2 Å². The monoisotopic (exact) mass is 316 g/mol. The smallest absolute Gasteiger partial charge is 0.239 e. The predicted molar refractivity (Wildman–Crippen MR) is 85.9 cm³/mol. The molecule has 0 spiro atoms. The first kappa shape index (κ1) is 15.1. The average Bonchev–Trinajstić information content (AvgIpc) is 3.13. The van der Waals surface area contributed by atoms with Gasteiger partial charge in [0.2, 0.25) is 5.91 Å². The van der Waals surface area contributed by atoms with E-state index in [4.69, 9.17) is 4.84 Å². The molecule has 3 fully saturated rings. The molecule has 0 aromatic heterocycles. The van der Waals surface area contributed by atoms with Gasteiger partial charge >= 0.3 is 0 Å². The Balaban J connectivity index is 1.23. The highest BCUT2D eigenvalue weighted by Crippen LogP contribution is 2.37. The number of carbonyl (C=O) groups excluding carboxylic acids is 1. The Kier molecular flexibility index (Phi) is 4.31. The Morgan fingerprint density at radius 3 is 2.91 bits per heavy atom. The molecule has 0 radical (unpaired) electrons. The highest BCUT2D eigenvalue weighted by atomic mass is 16.7. The first-order valence-electron chi connectivity index (χ1n) is 8.52. The molecule has 23 heavy (non-hydrogen) atoms. The fourth-order valence-electron chi connectivity index (χ4n) is 3.37. The molecule has 2 aliphatic heterocycles. The number of hydrogen-bond acceptors (Lipinski definition) is 5. The summed E-state index contributed by atoms with van der Waals surface area (Å²) in [6.07, 6.45) is 3.50. The third-order valence-corrected chi connectivity index (χ3v) is 4.86. The third kappa shape index (κ3) is 3.72. The highest BCUT2D eigenvalue weighted by Gasteiger charge is 2.41. The van der Waals surface area contributed by atoms with Crippen LogP contribution in [0.4, 0.5) is 0 Å². The molecule has 3 N–H and O–H groups in total. The number of nitrogens with zero attached hydrogens (tertiary/aromatic N) is 1. The van der Waals surface area contributed by atoms with Crippen LogP contribution in [-0.4, -0.2) is 42.2 Å². The van der Waals surface area contributed by atoms with Crippen molar-refractivity contribution in [3.05, 3.63) is 35.9 Å². The van der Waals surface area contributed by atoms with E-state index in [0.29, 0.717) is 5.92 Å². The summed E-state index contributed by atoms with van der Waals surface area (Å²) in [6, 6.07) is 10.3. The molecule has 6 nitrogen and oxygen atoms in total. The predicted octanol–water partition coefficient (Wildman–Crippen LogP) is 0.564. The molecule has 3 atom stereocenters. The van der Waals surface area contributed by atoms with Gasteiger partial charge in [-0.05, 0) is 24.3 Å². The second-order valence-electron chi connectivity index (χ2n) is 6.83. The lowest BCUT2D eigenvalue weighted by Gasteiger charge is -2.17. The van der Waals surface area contributed by atoms with E-state index in [2.05, 4.69) is 33.4 Å². The molecule has 1 saturated carbocycles. The van der Waals surface area contributed by atoms with Crippen molar-refractivity contribution in [2.75, 3.05) is 13.1 Å². The van der Waals surface area contributed by atoms with Gasteiger partial charge < -0.3 is 5.32 Å². The van der Waals surface area contributed by atoms with Gasteiger partial charge in [-0.3, -0.25) is 15.1 Å². The zero-order valence-corrected chi connectivity index (χ0v) is 13.2. The minimum absolute atomic E-state index is 0.0570. The molecule has 0 bridgehead atoms. The Hall–Kier alpha value is -1.47. The van der Waals surface area contributed by atoms with E-state index < -0.39 is 0 Å². The Labute approximate surface area is 136 Å². The summed E-state index contributed by atoms with van der Waals surface area (Å²) in [5.74, 6) is 0.719. The van der Waals surface area contributed by atoms with Crippen LogP contribution in [0.25, 0.3) is 0 Å². The summed E-state index contributed by atoms with van der Waals surface area (Å²) < 4.78 is 0. The lowest BCUT2D eigenvalue weighted by atomic mass is 10.1. The van der Waals surface area contributed by atoms with Gasteiger partial charge in [-0.1, -0.05) is 30.3 Å². The van der Waals surface area contributed by atoms with E-state index in [1.165, 1.54) is 18.4 Å². The fraction of sp³-hybridized carbons (Fsp3) is 0.588. The maximum absolute atomic E-state index is 12.4. The largest absolute Gasteiger partial charge is 0.349 e. The minimum atomic E-state index is -0.205. The second kappa shape index (κ2) is 6.57. The molecule has 6 heteroatoms. The van der Waals surface area contributed by atoms with Gasteiger partial charge in [0.25, 0.3) is 0 Å². The van der Waals surface area contributed by atoms with Gasteiger partial charge in [0, 0.05) is 26.1 Å². The maximum atomic E-state index is 12.4. The Morgan fingerprint density at radius 1 is 1.30 bits per heavy atom. The van der Waals surface area contributed by atoms with Gasteiger partial charge in [0.15, 0.2) is 0 Å². The fourth-order valence-corrected chi connectivity index (χ4v) is 3.37. The summed E-state index contributed by atoms with van der Waals surface area (Å²) in [7, 11) is 0. The van der Waals surface area contributed by atoms with E-state index in [-0.39, 0.29) is 24.1 Å². The number of hydrazine groups is 1. The zero-order valence-electron chi connectivity index (χ0n) is 13.2. The molecule has 124 valence electrons. The molecule has 1 aromatic rings. The highest BCUT2D eigenvalue weighted by molar-refractivity contribution is 5.82. The van der Waals surface area contributed by atoms with Crippen LogP contribution < -0.4 is 16.2 Å². The standard InChI is InChI=1S/C17H24N4O2/c22-17(15-8-16(23-20-15)13-6-7-13)19-14-9-18-21(11-14)10-12-4-2-1-3-5-12/h1-5,13-16,18,20H,6-11H2,(H,19,22). The van der Waals surface area contributed by atoms with Crippen LogP contribution >= 0.6 is 0 Å². The lowest BCUT2D eigenvalue weighted by molar-refractivity contribution is -0.124. The van der Waals surface area contributed by atoms with Gasteiger partial charge in [-0.25, -0.2) is 5.01 Å². The molecular formula is C17H24N4O2. The number of benzene rings is 1. The first-order valence-corrected chi connectivity index (χ1v) is 8.52. The van der Waals surface area contributed by atoms with E-state index in [1.54, 1.807) is 0 Å². The minimum Gasteiger partial charge on any atom is -0.349 e. The quantitative estimate of drug-likeness (QED) is 0.741. The SMILES string of the molecule is O=C(NC1CNN(Cc2ccccc2)C1)C1CC(C2CC2)ON1. The summed E-state index contributed by atoms with van der Waals surface area (Å²) >= 11 is 0. The van der Waals surface area contributed by atoms with Crippen LogP contribution in [0, 0.1) is 5.92 Å². The summed E-state index contributed by atoms with van der Waals surface area (Å²) in [6.45, 7) is 2.44. The van der Waals surface area contributed by atoms with Crippen molar-refractivity contribution >= 4 is 5.91 Å². The van der Waals surface area contributed by atoms with Crippen molar-refractivity contribution in [1.82, 2.24) is 21.2 Å². The Bertz CT molecular complexity index is 549. The topological polar surface area (TPSA) is 65.6 Å². The van der Waals surface area contributed by atoms with Gasteiger partial charge in [-0.15, -0.1) is 0 Å². The number of amides is 1. The summed E-state index contributed by atoms with van der Waals surface area (Å²) in [5.41, 5.74) is 7.53. The van der Waals surface area contributed by atoms with Gasteiger partial charge in [-0.2, -0.15) is 5.48 Å². The van der Waals surface area contributed by atoms with Crippen LogP contribution in [0.5, 0.6) is 0 Å². The van der Waals surface area contributed by atoms with Crippen molar-refractivity contribution in [1.29, 1.82) is 0 Å². The third-order valence-electron chi connectivity index (χ3n) is 4.86.